The molecule has 0 bridgehead atoms. The number of carbonyl (C=O) groups is 1. The first kappa shape index (κ1) is 19.3. The highest BCUT2D eigenvalue weighted by molar-refractivity contribution is 6.10. The molecule has 0 unspecified atom stereocenters. The number of anilines is 1. The summed E-state index contributed by atoms with van der Waals surface area (Å²) in [6.07, 6.45) is 3.10. The maximum Gasteiger partial charge on any atom is 0.258 e. The van der Waals surface area contributed by atoms with E-state index in [0.717, 1.165) is 31.6 Å². The molecule has 0 spiro atoms. The Balaban J connectivity index is 1.48. The van der Waals surface area contributed by atoms with Gasteiger partial charge in [0.2, 0.25) is 12.8 Å². The minimum absolute atomic E-state index is 0.0942. The van der Waals surface area contributed by atoms with Crippen LogP contribution in [0.4, 0.5) is 5.69 Å². The van der Waals surface area contributed by atoms with Gasteiger partial charge in [-0.25, -0.2) is 4.99 Å². The SMILES string of the molecule is CCc1ccc(NC(=NC[C@@H]2CCCO2)NC(=O)c2ccc3c(c2)OCO3)cc1. The molecule has 1 atom stereocenters. The normalized spacial score (nSPS) is 18.0. The molecule has 2 heterocycles. The van der Waals surface area contributed by atoms with Gasteiger partial charge in [0, 0.05) is 17.9 Å². The number of nitrogens with zero attached hydrogens (tertiary/aromatic N) is 1. The third-order valence-electron chi connectivity index (χ3n) is 4.97. The standard InChI is InChI=1S/C22H25N3O4/c1-2-15-5-8-17(9-6-15)24-22(23-13-18-4-3-11-27-18)25-21(26)16-7-10-19-20(12-16)29-14-28-19/h5-10,12,18H,2-4,11,13-14H2,1H3,(H2,23,24,25,26)/t18-/m0/s1. The van der Waals surface area contributed by atoms with Gasteiger partial charge in [0.05, 0.1) is 12.6 Å². The number of nitrogens with one attached hydrogen (secondary N) is 2. The van der Waals surface area contributed by atoms with Crippen molar-refractivity contribution >= 4 is 17.6 Å². The van der Waals surface area contributed by atoms with Gasteiger partial charge in [-0.05, 0) is 55.2 Å². The number of aliphatic imine (C=N–C) groups is 1. The maximum absolute atomic E-state index is 12.8. The first-order valence-electron chi connectivity index (χ1n) is 9.94. The van der Waals surface area contributed by atoms with Crippen LogP contribution in [0.3, 0.4) is 0 Å². The molecule has 0 aromatic heterocycles. The molecule has 0 radical (unpaired) electrons. The molecule has 0 aliphatic carbocycles. The number of aryl methyl sites for hydroxylation is 1. The van der Waals surface area contributed by atoms with E-state index in [1.807, 2.05) is 12.1 Å². The molecule has 1 saturated heterocycles. The largest absolute Gasteiger partial charge is 0.454 e. The van der Waals surface area contributed by atoms with Gasteiger partial charge in [-0.1, -0.05) is 19.1 Å². The average Bonchev–Trinajstić information content (AvgIpc) is 3.43. The summed E-state index contributed by atoms with van der Waals surface area (Å²) in [6, 6.07) is 13.2. The van der Waals surface area contributed by atoms with Gasteiger partial charge < -0.3 is 19.5 Å². The van der Waals surface area contributed by atoms with Crippen molar-refractivity contribution in [1.82, 2.24) is 5.32 Å². The van der Waals surface area contributed by atoms with Crippen molar-refractivity contribution in [3.05, 3.63) is 53.6 Å². The molecule has 0 saturated carbocycles. The van der Waals surface area contributed by atoms with E-state index in [0.29, 0.717) is 29.6 Å². The lowest BCUT2D eigenvalue weighted by molar-refractivity contribution is 0.0975. The van der Waals surface area contributed by atoms with Gasteiger partial charge >= 0.3 is 0 Å². The van der Waals surface area contributed by atoms with Crippen LogP contribution in [0.1, 0.15) is 35.7 Å². The molecule has 1 amide bonds. The van der Waals surface area contributed by atoms with E-state index in [9.17, 15) is 4.79 Å². The molecule has 7 heteroatoms. The second kappa shape index (κ2) is 8.96. The number of hydrogen-bond donors (Lipinski definition) is 2. The summed E-state index contributed by atoms with van der Waals surface area (Å²) < 4.78 is 16.3. The van der Waals surface area contributed by atoms with Crippen LogP contribution in [0, 0.1) is 0 Å². The van der Waals surface area contributed by atoms with Crippen LogP contribution in [0.25, 0.3) is 0 Å². The predicted molar refractivity (Wildman–Crippen MR) is 111 cm³/mol. The Kier molecular flexibility index (Phi) is 5.95. The second-order valence-electron chi connectivity index (χ2n) is 7.02. The lowest BCUT2D eigenvalue weighted by Gasteiger charge is -2.14. The molecular formula is C22H25N3O4. The zero-order chi connectivity index (χ0) is 20.1. The number of amides is 1. The van der Waals surface area contributed by atoms with E-state index in [1.54, 1.807) is 18.2 Å². The second-order valence-corrected chi connectivity index (χ2v) is 7.02. The number of benzene rings is 2. The molecule has 2 N–H and O–H groups in total. The van der Waals surface area contributed by atoms with Crippen molar-refractivity contribution in [2.75, 3.05) is 25.3 Å². The van der Waals surface area contributed by atoms with Gasteiger partial charge in [0.15, 0.2) is 11.5 Å². The third-order valence-corrected chi connectivity index (χ3v) is 4.97. The predicted octanol–water partition coefficient (Wildman–Crippen LogP) is 3.35. The fourth-order valence-corrected chi connectivity index (χ4v) is 3.27. The van der Waals surface area contributed by atoms with Crippen LogP contribution in [-0.4, -0.2) is 37.9 Å². The Morgan fingerprint density at radius 2 is 1.97 bits per heavy atom. The average molecular weight is 395 g/mol. The number of ether oxygens (including phenoxy) is 3. The summed E-state index contributed by atoms with van der Waals surface area (Å²) in [5.74, 6) is 1.33. The van der Waals surface area contributed by atoms with Gasteiger partial charge in [-0.15, -0.1) is 0 Å². The summed E-state index contributed by atoms with van der Waals surface area (Å²) in [5.41, 5.74) is 2.58. The van der Waals surface area contributed by atoms with Crippen molar-refractivity contribution < 1.29 is 19.0 Å². The molecule has 1 fully saturated rings. The zero-order valence-electron chi connectivity index (χ0n) is 16.4. The topological polar surface area (TPSA) is 81.2 Å². The van der Waals surface area contributed by atoms with E-state index in [1.165, 1.54) is 5.56 Å². The van der Waals surface area contributed by atoms with Crippen LogP contribution in [0.5, 0.6) is 11.5 Å². The Morgan fingerprint density at radius 1 is 1.14 bits per heavy atom. The quantitative estimate of drug-likeness (QED) is 0.599. The van der Waals surface area contributed by atoms with Crippen LogP contribution < -0.4 is 20.1 Å². The van der Waals surface area contributed by atoms with Crippen molar-refractivity contribution in [2.45, 2.75) is 32.3 Å². The molecule has 7 nitrogen and oxygen atoms in total. The Bertz CT molecular complexity index is 889. The maximum atomic E-state index is 12.8. The molecule has 4 rings (SSSR count). The minimum atomic E-state index is -0.271. The van der Waals surface area contributed by atoms with Gasteiger partial charge in [-0.2, -0.15) is 0 Å². The Labute approximate surface area is 170 Å². The molecule has 152 valence electrons. The lowest BCUT2D eigenvalue weighted by atomic mass is 10.1. The Morgan fingerprint density at radius 3 is 2.72 bits per heavy atom. The lowest BCUT2D eigenvalue weighted by Crippen LogP contribution is -2.36. The van der Waals surface area contributed by atoms with E-state index in [-0.39, 0.29) is 18.8 Å². The van der Waals surface area contributed by atoms with Crippen LogP contribution in [0.15, 0.2) is 47.5 Å². The monoisotopic (exact) mass is 395 g/mol. The van der Waals surface area contributed by atoms with E-state index in [4.69, 9.17) is 14.2 Å². The molecule has 2 aliphatic rings. The van der Waals surface area contributed by atoms with Crippen LogP contribution >= 0.6 is 0 Å². The fourth-order valence-electron chi connectivity index (χ4n) is 3.27. The smallest absolute Gasteiger partial charge is 0.258 e. The first-order chi connectivity index (χ1) is 14.2. The van der Waals surface area contributed by atoms with Gasteiger partial charge in [0.25, 0.3) is 5.91 Å². The van der Waals surface area contributed by atoms with Crippen molar-refractivity contribution in [3.8, 4) is 11.5 Å². The van der Waals surface area contributed by atoms with Crippen LogP contribution in [0.2, 0.25) is 0 Å². The summed E-state index contributed by atoms with van der Waals surface area (Å²) in [7, 11) is 0. The van der Waals surface area contributed by atoms with Crippen molar-refractivity contribution in [3.63, 3.8) is 0 Å². The number of fused-ring (bicyclic) bond motifs is 1. The molecule has 2 aromatic rings. The fraction of sp³-hybridized carbons (Fsp3) is 0.364. The number of carbonyl (C=O) groups excluding carboxylic acids is 1. The van der Waals surface area contributed by atoms with E-state index in [2.05, 4.69) is 34.7 Å². The van der Waals surface area contributed by atoms with E-state index < -0.39 is 0 Å². The van der Waals surface area contributed by atoms with Crippen LogP contribution in [-0.2, 0) is 11.2 Å². The number of rotatable bonds is 5. The van der Waals surface area contributed by atoms with E-state index >= 15 is 0 Å². The van der Waals surface area contributed by atoms with Crippen molar-refractivity contribution in [1.29, 1.82) is 0 Å². The molecule has 2 aromatic carbocycles. The van der Waals surface area contributed by atoms with Crippen molar-refractivity contribution in [2.24, 2.45) is 4.99 Å². The highest BCUT2D eigenvalue weighted by Gasteiger charge is 2.18. The highest BCUT2D eigenvalue weighted by Crippen LogP contribution is 2.32. The molecule has 29 heavy (non-hydrogen) atoms. The third kappa shape index (κ3) is 4.86. The summed E-state index contributed by atoms with van der Waals surface area (Å²) >= 11 is 0. The van der Waals surface area contributed by atoms with Gasteiger partial charge in [0.1, 0.15) is 0 Å². The minimum Gasteiger partial charge on any atom is -0.454 e. The summed E-state index contributed by atoms with van der Waals surface area (Å²) in [6.45, 7) is 3.55. The summed E-state index contributed by atoms with van der Waals surface area (Å²) in [5, 5.41) is 6.09. The number of guanidine groups is 1. The molecule has 2 aliphatic heterocycles. The summed E-state index contributed by atoms with van der Waals surface area (Å²) in [4.78, 5) is 17.4. The van der Waals surface area contributed by atoms with Gasteiger partial charge in [-0.3, -0.25) is 10.1 Å². The Hall–Kier alpha value is -3.06. The highest BCUT2D eigenvalue weighted by atomic mass is 16.7. The molecular weight excluding hydrogens is 370 g/mol. The number of hydrogen-bond acceptors (Lipinski definition) is 5. The first-order valence-corrected chi connectivity index (χ1v) is 9.94. The zero-order valence-corrected chi connectivity index (χ0v) is 16.4.